The Morgan fingerprint density at radius 3 is 2.22 bits per heavy atom. The summed E-state index contributed by atoms with van der Waals surface area (Å²) >= 11 is 0. The largest absolute Gasteiger partial charge is 0.493 e. The van der Waals surface area contributed by atoms with E-state index in [1.165, 1.54) is 51.4 Å². The van der Waals surface area contributed by atoms with Gasteiger partial charge in [-0.05, 0) is 39.7 Å². The molecule has 9 nitrogen and oxygen atoms in total. The summed E-state index contributed by atoms with van der Waals surface area (Å²) in [4.78, 5) is 29.2. The molecule has 0 saturated heterocycles. The summed E-state index contributed by atoms with van der Waals surface area (Å²) in [6.45, 7) is 7.21. The number of aromatic nitrogens is 1. The fourth-order valence-electron chi connectivity index (χ4n) is 5.04. The van der Waals surface area contributed by atoms with Crippen molar-refractivity contribution in [2.45, 2.75) is 104 Å². The average Bonchev–Trinajstić information content (AvgIpc) is 2.95. The SMILES string of the molecule is CCCCCCCCCCCCOc1c(OC)cc(NC(C)CCCN)c2nc3c(c(C)c12)OC(=O)/C=C/C(=O)O3. The summed E-state index contributed by atoms with van der Waals surface area (Å²) in [6, 6.07) is 1.95. The summed E-state index contributed by atoms with van der Waals surface area (Å²) < 4.78 is 23.1. The number of hydrogen-bond acceptors (Lipinski definition) is 9. The van der Waals surface area contributed by atoms with Gasteiger partial charge in [0.15, 0.2) is 17.2 Å². The van der Waals surface area contributed by atoms with Crippen molar-refractivity contribution in [2.75, 3.05) is 25.6 Å². The first kappa shape index (κ1) is 32.2. The Labute approximate surface area is 244 Å². The van der Waals surface area contributed by atoms with Gasteiger partial charge in [-0.3, -0.25) is 0 Å². The van der Waals surface area contributed by atoms with Crippen LogP contribution in [0.1, 0.15) is 96.5 Å². The van der Waals surface area contributed by atoms with Crippen LogP contribution in [0.15, 0.2) is 18.2 Å². The van der Waals surface area contributed by atoms with Gasteiger partial charge in [0.05, 0.1) is 24.8 Å². The summed E-state index contributed by atoms with van der Waals surface area (Å²) in [6.07, 6.45) is 16.1. The molecular weight excluding hydrogens is 522 g/mol. The molecule has 0 spiro atoms. The number of nitrogens with two attached hydrogens (primary N) is 1. The van der Waals surface area contributed by atoms with Crippen LogP contribution in [-0.4, -0.2) is 43.2 Å². The quantitative estimate of drug-likeness (QED) is 0.148. The number of methoxy groups -OCH3 is 1. The molecule has 0 bridgehead atoms. The number of pyridine rings is 1. The lowest BCUT2D eigenvalue weighted by Gasteiger charge is -2.22. The Morgan fingerprint density at radius 1 is 0.951 bits per heavy atom. The van der Waals surface area contributed by atoms with E-state index in [9.17, 15) is 9.59 Å². The van der Waals surface area contributed by atoms with E-state index in [2.05, 4.69) is 24.1 Å². The number of ether oxygens (including phenoxy) is 4. The number of aryl methyl sites for hydroxylation is 1. The van der Waals surface area contributed by atoms with Gasteiger partial charge in [-0.15, -0.1) is 0 Å². The van der Waals surface area contributed by atoms with Gasteiger partial charge in [0.25, 0.3) is 5.88 Å². The van der Waals surface area contributed by atoms with E-state index in [0.29, 0.717) is 46.8 Å². The number of nitrogens with zero attached hydrogens (tertiary/aromatic N) is 1. The molecule has 1 unspecified atom stereocenters. The Morgan fingerprint density at radius 2 is 1.59 bits per heavy atom. The van der Waals surface area contributed by atoms with Gasteiger partial charge in [-0.2, -0.15) is 0 Å². The number of anilines is 1. The maximum Gasteiger partial charge on any atom is 0.337 e. The van der Waals surface area contributed by atoms with E-state index in [0.717, 1.165) is 37.8 Å². The molecule has 1 aromatic carbocycles. The van der Waals surface area contributed by atoms with E-state index >= 15 is 0 Å². The molecular formula is C32H47N3O6. The molecule has 1 atom stereocenters. The first-order chi connectivity index (χ1) is 19.9. The number of hydrogen-bond donors (Lipinski definition) is 2. The molecule has 2 aromatic rings. The second-order valence-electron chi connectivity index (χ2n) is 10.7. The Kier molecular flexibility index (Phi) is 13.2. The van der Waals surface area contributed by atoms with Crippen LogP contribution < -0.4 is 30.0 Å². The molecule has 0 amide bonds. The molecule has 2 heterocycles. The zero-order chi connectivity index (χ0) is 29.6. The van der Waals surface area contributed by atoms with Crippen molar-refractivity contribution in [1.82, 2.24) is 4.98 Å². The van der Waals surface area contributed by atoms with Crippen LogP contribution in [0, 0.1) is 6.92 Å². The van der Waals surface area contributed by atoms with Gasteiger partial charge < -0.3 is 30.0 Å². The van der Waals surface area contributed by atoms with E-state index < -0.39 is 11.9 Å². The van der Waals surface area contributed by atoms with Crippen molar-refractivity contribution in [3.63, 3.8) is 0 Å². The van der Waals surface area contributed by atoms with Gasteiger partial charge >= 0.3 is 11.9 Å². The Bertz CT molecular complexity index is 1200. The highest BCUT2D eigenvalue weighted by molar-refractivity contribution is 6.03. The number of esters is 2. The minimum Gasteiger partial charge on any atom is -0.493 e. The summed E-state index contributed by atoms with van der Waals surface area (Å²) in [5.74, 6) is -0.313. The number of carbonyl (C=O) groups excluding carboxylic acids is 2. The molecule has 0 fully saturated rings. The van der Waals surface area contributed by atoms with Crippen LogP contribution in [0.3, 0.4) is 0 Å². The summed E-state index contributed by atoms with van der Waals surface area (Å²) in [7, 11) is 1.60. The third kappa shape index (κ3) is 9.35. The monoisotopic (exact) mass is 569 g/mol. The van der Waals surface area contributed by atoms with Gasteiger partial charge in [-0.25, -0.2) is 14.6 Å². The zero-order valence-electron chi connectivity index (χ0n) is 25.2. The van der Waals surface area contributed by atoms with Crippen LogP contribution in [0.25, 0.3) is 10.9 Å². The summed E-state index contributed by atoms with van der Waals surface area (Å²) in [5, 5.41) is 4.14. The second kappa shape index (κ2) is 16.8. The maximum atomic E-state index is 12.3. The second-order valence-corrected chi connectivity index (χ2v) is 10.7. The molecule has 0 saturated carbocycles. The normalized spacial score (nSPS) is 14.5. The fraction of sp³-hybridized carbons (Fsp3) is 0.594. The van der Waals surface area contributed by atoms with Crippen LogP contribution in [-0.2, 0) is 9.59 Å². The standard InChI is InChI=1S/C32H47N3O6/c1-5-6-7-8-9-10-11-12-13-14-20-39-31-25(38-4)21-24(34-22(2)16-15-19-33)29-28(31)23(3)30-32(35-29)41-27(37)18-17-26(36)40-30/h17-18,21-22,34H,5-16,19-20,33H2,1-4H3/b18-17+. The third-order valence-corrected chi connectivity index (χ3v) is 7.30. The van der Waals surface area contributed by atoms with Crippen LogP contribution in [0.2, 0.25) is 0 Å². The fourth-order valence-corrected chi connectivity index (χ4v) is 5.04. The molecule has 226 valence electrons. The van der Waals surface area contributed by atoms with Gasteiger partial charge in [-0.1, -0.05) is 64.7 Å². The first-order valence-corrected chi connectivity index (χ1v) is 15.2. The minimum absolute atomic E-state index is 0.0684. The van der Waals surface area contributed by atoms with Gasteiger partial charge in [0.1, 0.15) is 5.52 Å². The van der Waals surface area contributed by atoms with Gasteiger partial charge in [0.2, 0.25) is 0 Å². The van der Waals surface area contributed by atoms with Gasteiger partial charge in [0, 0.05) is 29.8 Å². The van der Waals surface area contributed by atoms with Crippen molar-refractivity contribution in [3.05, 3.63) is 23.8 Å². The lowest BCUT2D eigenvalue weighted by Crippen LogP contribution is -2.18. The minimum atomic E-state index is -0.703. The molecule has 0 radical (unpaired) electrons. The van der Waals surface area contributed by atoms with E-state index in [1.54, 1.807) is 14.0 Å². The van der Waals surface area contributed by atoms with Crippen LogP contribution in [0.5, 0.6) is 23.1 Å². The molecule has 3 N–H and O–H groups in total. The number of carbonyl (C=O) groups is 2. The number of fused-ring (bicyclic) bond motifs is 2. The molecule has 0 aliphatic carbocycles. The molecule has 1 aromatic heterocycles. The average molecular weight is 570 g/mol. The topological polar surface area (TPSA) is 122 Å². The maximum absolute atomic E-state index is 12.3. The number of rotatable bonds is 18. The van der Waals surface area contributed by atoms with E-state index in [-0.39, 0.29) is 17.7 Å². The van der Waals surface area contributed by atoms with Crippen molar-refractivity contribution >= 4 is 28.5 Å². The van der Waals surface area contributed by atoms with Crippen LogP contribution in [0.4, 0.5) is 5.69 Å². The predicted octanol–water partition coefficient (Wildman–Crippen LogP) is 6.77. The zero-order valence-corrected chi connectivity index (χ0v) is 25.2. The first-order valence-electron chi connectivity index (χ1n) is 15.2. The third-order valence-electron chi connectivity index (χ3n) is 7.30. The Balaban J connectivity index is 1.85. The Hall–Kier alpha value is -3.33. The van der Waals surface area contributed by atoms with E-state index in [1.807, 2.05) is 6.07 Å². The molecule has 3 rings (SSSR count). The van der Waals surface area contributed by atoms with Crippen LogP contribution >= 0.6 is 0 Å². The smallest absolute Gasteiger partial charge is 0.337 e. The van der Waals surface area contributed by atoms with Crippen molar-refractivity contribution in [3.8, 4) is 23.1 Å². The highest BCUT2D eigenvalue weighted by Crippen LogP contribution is 2.46. The number of nitrogens with one attached hydrogen (secondary N) is 1. The molecule has 41 heavy (non-hydrogen) atoms. The molecule has 1 aliphatic heterocycles. The van der Waals surface area contributed by atoms with Crippen molar-refractivity contribution in [2.24, 2.45) is 5.73 Å². The highest BCUT2D eigenvalue weighted by Gasteiger charge is 2.27. The molecule has 1 aliphatic rings. The predicted molar refractivity (Wildman–Crippen MR) is 162 cm³/mol. The lowest BCUT2D eigenvalue weighted by molar-refractivity contribution is -0.133. The molecule has 9 heteroatoms. The van der Waals surface area contributed by atoms with E-state index in [4.69, 9.17) is 24.7 Å². The number of unbranched alkanes of at least 4 members (excludes halogenated alkanes) is 9. The summed E-state index contributed by atoms with van der Waals surface area (Å²) in [5.41, 5.74) is 7.51. The van der Waals surface area contributed by atoms with Crippen molar-refractivity contribution in [1.29, 1.82) is 0 Å². The van der Waals surface area contributed by atoms with Crippen molar-refractivity contribution < 1.29 is 28.5 Å². The number of benzene rings is 1. The highest BCUT2D eigenvalue weighted by atomic mass is 16.6. The lowest BCUT2D eigenvalue weighted by atomic mass is 10.0.